The van der Waals surface area contributed by atoms with Gasteiger partial charge < -0.3 is 10.0 Å². The summed E-state index contributed by atoms with van der Waals surface area (Å²) in [5.74, 6) is 0. The van der Waals surface area contributed by atoms with Gasteiger partial charge in [0.15, 0.2) is 0 Å². The third-order valence-electron chi connectivity index (χ3n) is 3.18. The van der Waals surface area contributed by atoms with Crippen molar-refractivity contribution in [1.82, 2.24) is 0 Å². The molecular weight excluding hydrogens is 316 g/mol. The number of anilines is 2. The lowest BCUT2D eigenvalue weighted by atomic mass is 10.1. The Morgan fingerprint density at radius 2 is 2.00 bits per heavy atom. The second kappa shape index (κ2) is 6.08. The van der Waals surface area contributed by atoms with Crippen LogP contribution in [0.1, 0.15) is 24.2 Å². The molecule has 0 saturated heterocycles. The first-order chi connectivity index (χ1) is 9.52. The Kier molecular flexibility index (Phi) is 4.43. The summed E-state index contributed by atoms with van der Waals surface area (Å²) in [6, 6.07) is 15.3. The van der Waals surface area contributed by atoms with Crippen LogP contribution in [0.5, 0.6) is 0 Å². The van der Waals surface area contributed by atoms with Crippen LogP contribution in [-0.4, -0.2) is 12.2 Å². The van der Waals surface area contributed by atoms with E-state index in [-0.39, 0.29) is 0 Å². The van der Waals surface area contributed by atoms with Gasteiger partial charge in [0.2, 0.25) is 0 Å². The topological polar surface area (TPSA) is 47.3 Å². The van der Waals surface area contributed by atoms with Crippen molar-refractivity contribution in [2.75, 3.05) is 11.9 Å². The third-order valence-corrected chi connectivity index (χ3v) is 3.81. The second-order valence-corrected chi connectivity index (χ2v) is 5.46. The van der Waals surface area contributed by atoms with Crippen LogP contribution in [0.4, 0.5) is 11.4 Å². The van der Waals surface area contributed by atoms with Gasteiger partial charge in [0.25, 0.3) is 0 Å². The average Bonchev–Trinajstić information content (AvgIpc) is 2.46. The lowest BCUT2D eigenvalue weighted by Crippen LogP contribution is -2.10. The van der Waals surface area contributed by atoms with Crippen molar-refractivity contribution in [3.05, 3.63) is 58.1 Å². The van der Waals surface area contributed by atoms with E-state index in [4.69, 9.17) is 5.26 Å². The fourth-order valence-electron chi connectivity index (χ4n) is 1.98. The predicted molar refractivity (Wildman–Crippen MR) is 84.0 cm³/mol. The highest BCUT2D eigenvalue weighted by atomic mass is 79.9. The summed E-state index contributed by atoms with van der Waals surface area (Å²) in [6.07, 6.45) is -0.493. The van der Waals surface area contributed by atoms with Crippen LogP contribution in [0.15, 0.2) is 46.9 Å². The Bertz CT molecular complexity index is 662. The average molecular weight is 331 g/mol. The number of nitrogens with zero attached hydrogens (tertiary/aromatic N) is 2. The highest BCUT2D eigenvalue weighted by Crippen LogP contribution is 2.33. The maximum absolute atomic E-state index is 9.59. The standard InChI is InChI=1S/C16H15BrN2O/c1-11(20)13-6-7-16(15(17)9-13)19(2)14-5-3-4-12(8-14)10-18/h3-9,11,20H,1-2H3. The summed E-state index contributed by atoms with van der Waals surface area (Å²) in [6.45, 7) is 1.74. The molecule has 0 fully saturated rings. The SMILES string of the molecule is CC(O)c1ccc(N(C)c2cccc(C#N)c2)c(Br)c1. The van der Waals surface area contributed by atoms with E-state index in [9.17, 15) is 5.11 Å². The first-order valence-electron chi connectivity index (χ1n) is 6.24. The smallest absolute Gasteiger partial charge is 0.0992 e. The molecule has 0 aliphatic rings. The van der Waals surface area contributed by atoms with Crippen LogP contribution >= 0.6 is 15.9 Å². The van der Waals surface area contributed by atoms with Gasteiger partial charge in [0.05, 0.1) is 23.4 Å². The first-order valence-corrected chi connectivity index (χ1v) is 7.03. The van der Waals surface area contributed by atoms with Crippen molar-refractivity contribution >= 4 is 27.3 Å². The number of hydrogen-bond acceptors (Lipinski definition) is 3. The van der Waals surface area contributed by atoms with Crippen LogP contribution in [-0.2, 0) is 0 Å². The third kappa shape index (κ3) is 3.01. The van der Waals surface area contributed by atoms with Gasteiger partial charge in [-0.3, -0.25) is 0 Å². The summed E-state index contributed by atoms with van der Waals surface area (Å²) in [5, 5.41) is 18.6. The van der Waals surface area contributed by atoms with E-state index in [2.05, 4.69) is 22.0 Å². The highest BCUT2D eigenvalue weighted by Gasteiger charge is 2.10. The number of hydrogen-bond donors (Lipinski definition) is 1. The van der Waals surface area contributed by atoms with E-state index in [1.54, 1.807) is 13.0 Å². The number of halogens is 1. The van der Waals surface area contributed by atoms with Crippen LogP contribution in [0.25, 0.3) is 0 Å². The predicted octanol–water partition coefficient (Wildman–Crippen LogP) is 4.14. The molecule has 0 aromatic heterocycles. The van der Waals surface area contributed by atoms with Crippen LogP contribution in [0.3, 0.4) is 0 Å². The number of aliphatic hydroxyl groups is 1. The summed E-state index contributed by atoms with van der Waals surface area (Å²) >= 11 is 3.53. The molecule has 0 saturated carbocycles. The normalized spacial score (nSPS) is 11.8. The molecule has 102 valence electrons. The van der Waals surface area contributed by atoms with Gasteiger partial charge in [0.1, 0.15) is 0 Å². The molecule has 0 aliphatic carbocycles. The molecule has 2 aromatic rings. The fourth-order valence-corrected chi connectivity index (χ4v) is 2.64. The van der Waals surface area contributed by atoms with Crippen molar-refractivity contribution in [3.63, 3.8) is 0 Å². The summed E-state index contributed by atoms with van der Waals surface area (Å²) < 4.78 is 0.903. The first kappa shape index (κ1) is 14.6. The van der Waals surface area contributed by atoms with E-state index >= 15 is 0 Å². The largest absolute Gasteiger partial charge is 0.389 e. The molecule has 1 N–H and O–H groups in total. The second-order valence-electron chi connectivity index (χ2n) is 4.61. The monoisotopic (exact) mass is 330 g/mol. The van der Waals surface area contributed by atoms with E-state index in [0.29, 0.717) is 5.56 Å². The summed E-state index contributed by atoms with van der Waals surface area (Å²) in [5.41, 5.74) is 3.41. The molecule has 4 heteroatoms. The molecule has 3 nitrogen and oxygen atoms in total. The van der Waals surface area contributed by atoms with Crippen LogP contribution in [0, 0.1) is 11.3 Å². The van der Waals surface area contributed by atoms with E-state index in [1.165, 1.54) is 0 Å². The lowest BCUT2D eigenvalue weighted by molar-refractivity contribution is 0.199. The molecule has 0 aliphatic heterocycles. The maximum Gasteiger partial charge on any atom is 0.0992 e. The van der Waals surface area contributed by atoms with Crippen molar-refractivity contribution in [3.8, 4) is 6.07 Å². The minimum absolute atomic E-state index is 0.493. The van der Waals surface area contributed by atoms with Gasteiger partial charge in [0, 0.05) is 17.2 Å². The van der Waals surface area contributed by atoms with Gasteiger partial charge in [-0.1, -0.05) is 12.1 Å². The zero-order valence-corrected chi connectivity index (χ0v) is 12.9. The molecule has 2 rings (SSSR count). The summed E-state index contributed by atoms with van der Waals surface area (Å²) in [7, 11) is 1.94. The molecular formula is C16H15BrN2O. The number of aliphatic hydroxyl groups excluding tert-OH is 1. The molecule has 20 heavy (non-hydrogen) atoms. The van der Waals surface area contributed by atoms with E-state index < -0.39 is 6.10 Å². The minimum atomic E-state index is -0.493. The zero-order valence-electron chi connectivity index (χ0n) is 11.3. The molecule has 1 unspecified atom stereocenters. The summed E-state index contributed by atoms with van der Waals surface area (Å²) in [4.78, 5) is 2.00. The lowest BCUT2D eigenvalue weighted by Gasteiger charge is -2.22. The van der Waals surface area contributed by atoms with Crippen molar-refractivity contribution in [1.29, 1.82) is 5.26 Å². The number of rotatable bonds is 3. The van der Waals surface area contributed by atoms with Crippen LogP contribution in [0.2, 0.25) is 0 Å². The van der Waals surface area contributed by atoms with Gasteiger partial charge in [-0.2, -0.15) is 5.26 Å². The number of benzene rings is 2. The molecule has 0 amide bonds. The van der Waals surface area contributed by atoms with Gasteiger partial charge in [-0.05, 0) is 58.7 Å². The van der Waals surface area contributed by atoms with Crippen molar-refractivity contribution in [2.45, 2.75) is 13.0 Å². The molecule has 0 spiro atoms. The van der Waals surface area contributed by atoms with Gasteiger partial charge in [-0.25, -0.2) is 0 Å². The quantitative estimate of drug-likeness (QED) is 0.919. The van der Waals surface area contributed by atoms with E-state index in [0.717, 1.165) is 21.4 Å². The maximum atomic E-state index is 9.59. The molecule has 0 bridgehead atoms. The Morgan fingerprint density at radius 1 is 1.25 bits per heavy atom. The van der Waals surface area contributed by atoms with Crippen molar-refractivity contribution < 1.29 is 5.11 Å². The van der Waals surface area contributed by atoms with Crippen molar-refractivity contribution in [2.24, 2.45) is 0 Å². The minimum Gasteiger partial charge on any atom is -0.389 e. The van der Waals surface area contributed by atoms with Gasteiger partial charge in [-0.15, -0.1) is 0 Å². The Balaban J connectivity index is 2.38. The molecule has 1 atom stereocenters. The van der Waals surface area contributed by atoms with Gasteiger partial charge >= 0.3 is 0 Å². The number of nitriles is 1. The molecule has 0 heterocycles. The molecule has 2 aromatic carbocycles. The van der Waals surface area contributed by atoms with E-state index in [1.807, 2.05) is 48.3 Å². The Labute approximate surface area is 127 Å². The Hall–Kier alpha value is -1.83. The fraction of sp³-hybridized carbons (Fsp3) is 0.188. The highest BCUT2D eigenvalue weighted by molar-refractivity contribution is 9.10. The molecule has 0 radical (unpaired) electrons. The van der Waals surface area contributed by atoms with Crippen LogP contribution < -0.4 is 4.90 Å². The zero-order chi connectivity index (χ0) is 14.7. The Morgan fingerprint density at radius 3 is 2.60 bits per heavy atom.